The van der Waals surface area contributed by atoms with E-state index in [0.29, 0.717) is 24.5 Å². The molecule has 7 heteroatoms. The van der Waals surface area contributed by atoms with Crippen molar-refractivity contribution in [2.24, 2.45) is 10.9 Å². The molecule has 0 radical (unpaired) electrons. The Bertz CT molecular complexity index is 840. The van der Waals surface area contributed by atoms with Crippen molar-refractivity contribution in [2.45, 2.75) is 51.7 Å². The lowest BCUT2D eigenvalue weighted by Gasteiger charge is -2.29. The molecule has 170 valence electrons. The van der Waals surface area contributed by atoms with Gasteiger partial charge >= 0.3 is 0 Å². The summed E-state index contributed by atoms with van der Waals surface area (Å²) in [5.74, 6) is 3.39. The second-order valence-corrected chi connectivity index (χ2v) is 8.71. The predicted octanol–water partition coefficient (Wildman–Crippen LogP) is 4.23. The largest absolute Gasteiger partial charge is 0.493 e. The summed E-state index contributed by atoms with van der Waals surface area (Å²) in [6, 6.07) is 13.4. The molecule has 1 fully saturated rings. The molecule has 2 aromatic rings. The minimum absolute atomic E-state index is 0. The third-order valence-corrected chi connectivity index (χ3v) is 6.17. The van der Waals surface area contributed by atoms with Crippen molar-refractivity contribution in [2.75, 3.05) is 26.2 Å². The van der Waals surface area contributed by atoms with E-state index in [4.69, 9.17) is 14.1 Å². The number of guanidine groups is 1. The van der Waals surface area contributed by atoms with Crippen molar-refractivity contribution in [1.82, 2.24) is 15.5 Å². The first-order valence-electron chi connectivity index (χ1n) is 11.2. The van der Waals surface area contributed by atoms with E-state index in [0.717, 1.165) is 50.0 Å². The van der Waals surface area contributed by atoms with Gasteiger partial charge < -0.3 is 19.8 Å². The van der Waals surface area contributed by atoms with Crippen LogP contribution in [0, 0.1) is 5.92 Å². The average Bonchev–Trinajstić information content (AvgIpc) is 3.38. The molecule has 2 aliphatic heterocycles. The highest BCUT2D eigenvalue weighted by atomic mass is 127. The number of hydrogen-bond donors (Lipinski definition) is 2. The third-order valence-electron chi connectivity index (χ3n) is 6.17. The minimum Gasteiger partial charge on any atom is -0.493 e. The molecule has 2 aliphatic rings. The Morgan fingerprint density at radius 2 is 2.00 bits per heavy atom. The van der Waals surface area contributed by atoms with E-state index in [1.54, 1.807) is 6.26 Å². The zero-order valence-electron chi connectivity index (χ0n) is 18.7. The number of likely N-dealkylation sites (tertiary alicyclic amines) is 1. The molecule has 3 atom stereocenters. The first-order valence-corrected chi connectivity index (χ1v) is 11.2. The predicted molar refractivity (Wildman–Crippen MR) is 135 cm³/mol. The van der Waals surface area contributed by atoms with Crippen LogP contribution >= 0.6 is 24.0 Å². The summed E-state index contributed by atoms with van der Waals surface area (Å²) in [4.78, 5) is 7.44. The Balaban J connectivity index is 0.00000272. The number of fused-ring (bicyclic) bond motifs is 1. The molecular weight excluding hydrogens is 503 g/mol. The van der Waals surface area contributed by atoms with E-state index in [2.05, 4.69) is 48.4 Å². The van der Waals surface area contributed by atoms with Crippen molar-refractivity contribution in [3.05, 3.63) is 54.0 Å². The summed E-state index contributed by atoms with van der Waals surface area (Å²) < 4.78 is 11.3. The number of rotatable bonds is 6. The Morgan fingerprint density at radius 1 is 1.16 bits per heavy atom. The number of benzene rings is 1. The summed E-state index contributed by atoms with van der Waals surface area (Å²) in [6.07, 6.45) is 3.44. The fraction of sp³-hybridized carbons (Fsp3) is 0.542. The van der Waals surface area contributed by atoms with Gasteiger partial charge in [0.15, 0.2) is 5.96 Å². The van der Waals surface area contributed by atoms with Crippen LogP contribution in [-0.2, 0) is 6.42 Å². The number of halogens is 1. The summed E-state index contributed by atoms with van der Waals surface area (Å²) >= 11 is 0. The van der Waals surface area contributed by atoms with Gasteiger partial charge in [-0.25, -0.2) is 0 Å². The van der Waals surface area contributed by atoms with Gasteiger partial charge in [0.25, 0.3) is 0 Å². The first kappa shape index (κ1) is 23.9. The summed E-state index contributed by atoms with van der Waals surface area (Å²) in [5, 5.41) is 7.43. The van der Waals surface area contributed by atoms with E-state index in [1.165, 1.54) is 5.56 Å². The van der Waals surface area contributed by atoms with E-state index >= 15 is 0 Å². The Labute approximate surface area is 202 Å². The van der Waals surface area contributed by atoms with Gasteiger partial charge in [-0.3, -0.25) is 9.89 Å². The molecule has 0 spiro atoms. The fourth-order valence-corrected chi connectivity index (χ4v) is 4.31. The second kappa shape index (κ2) is 11.2. The molecule has 1 saturated heterocycles. The van der Waals surface area contributed by atoms with E-state index in [1.807, 2.05) is 24.3 Å². The minimum atomic E-state index is 0. The van der Waals surface area contributed by atoms with Crippen LogP contribution in [0.5, 0.6) is 5.75 Å². The second-order valence-electron chi connectivity index (χ2n) is 8.71. The monoisotopic (exact) mass is 538 g/mol. The SMILES string of the molecule is CC1CN(C(C)C)CC1NC(=NCCc1ccco1)NC1CCOc2ccccc21.I. The van der Waals surface area contributed by atoms with Gasteiger partial charge in [0.05, 0.1) is 18.9 Å². The Kier molecular flexibility index (Phi) is 8.66. The summed E-state index contributed by atoms with van der Waals surface area (Å²) in [7, 11) is 0. The van der Waals surface area contributed by atoms with Gasteiger partial charge in [0, 0.05) is 50.1 Å². The van der Waals surface area contributed by atoms with Crippen LogP contribution in [-0.4, -0.2) is 49.2 Å². The number of aliphatic imine (C=N–C) groups is 1. The van der Waals surface area contributed by atoms with Crippen LogP contribution in [0.2, 0.25) is 0 Å². The van der Waals surface area contributed by atoms with Crippen molar-refractivity contribution in [1.29, 1.82) is 0 Å². The number of nitrogens with zero attached hydrogens (tertiary/aromatic N) is 2. The van der Waals surface area contributed by atoms with E-state index in [9.17, 15) is 0 Å². The Morgan fingerprint density at radius 3 is 2.74 bits per heavy atom. The first-order chi connectivity index (χ1) is 14.6. The van der Waals surface area contributed by atoms with Crippen molar-refractivity contribution in [3.8, 4) is 5.75 Å². The van der Waals surface area contributed by atoms with Gasteiger partial charge in [-0.2, -0.15) is 0 Å². The molecule has 2 N–H and O–H groups in total. The van der Waals surface area contributed by atoms with Gasteiger partial charge in [-0.15, -0.1) is 24.0 Å². The molecule has 3 heterocycles. The lowest BCUT2D eigenvalue weighted by atomic mass is 10.0. The Hall–Kier alpha value is -1.74. The van der Waals surface area contributed by atoms with E-state index < -0.39 is 0 Å². The molecule has 1 aromatic carbocycles. The van der Waals surface area contributed by atoms with Crippen molar-refractivity contribution >= 4 is 29.9 Å². The van der Waals surface area contributed by atoms with E-state index in [-0.39, 0.29) is 30.0 Å². The number of para-hydroxylation sites is 1. The zero-order valence-corrected chi connectivity index (χ0v) is 21.0. The van der Waals surface area contributed by atoms with Crippen LogP contribution < -0.4 is 15.4 Å². The molecule has 0 bridgehead atoms. The highest BCUT2D eigenvalue weighted by Crippen LogP contribution is 2.31. The highest BCUT2D eigenvalue weighted by molar-refractivity contribution is 14.0. The number of hydrogen-bond acceptors (Lipinski definition) is 4. The highest BCUT2D eigenvalue weighted by Gasteiger charge is 2.32. The number of ether oxygens (including phenoxy) is 1. The molecule has 0 aliphatic carbocycles. The summed E-state index contributed by atoms with van der Waals surface area (Å²) in [5.41, 5.74) is 1.20. The smallest absolute Gasteiger partial charge is 0.192 e. The maximum absolute atomic E-state index is 5.84. The standard InChI is InChI=1S/C24H34N4O2.HI/c1-17(2)28-15-18(3)22(16-28)27-24(25-12-10-19-7-6-13-29-19)26-21-11-14-30-23-9-5-4-8-20(21)23;/h4-9,13,17-18,21-22H,10-12,14-16H2,1-3H3,(H2,25,26,27);1H. The quantitative estimate of drug-likeness (QED) is 0.328. The maximum Gasteiger partial charge on any atom is 0.192 e. The van der Waals surface area contributed by atoms with Crippen LogP contribution in [0.25, 0.3) is 0 Å². The van der Waals surface area contributed by atoms with Crippen LogP contribution in [0.1, 0.15) is 44.6 Å². The van der Waals surface area contributed by atoms with Crippen LogP contribution in [0.3, 0.4) is 0 Å². The summed E-state index contributed by atoms with van der Waals surface area (Å²) in [6.45, 7) is 10.4. The van der Waals surface area contributed by atoms with Crippen LogP contribution in [0.4, 0.5) is 0 Å². The van der Waals surface area contributed by atoms with Gasteiger partial charge in [-0.05, 0) is 38.0 Å². The van der Waals surface area contributed by atoms with Crippen LogP contribution in [0.15, 0.2) is 52.1 Å². The van der Waals surface area contributed by atoms with Gasteiger partial charge in [0.2, 0.25) is 0 Å². The van der Waals surface area contributed by atoms with Crippen molar-refractivity contribution in [3.63, 3.8) is 0 Å². The zero-order chi connectivity index (χ0) is 20.9. The molecule has 0 saturated carbocycles. The molecule has 31 heavy (non-hydrogen) atoms. The number of nitrogens with one attached hydrogen (secondary N) is 2. The molecule has 6 nitrogen and oxygen atoms in total. The molecule has 1 aromatic heterocycles. The topological polar surface area (TPSA) is 62.0 Å². The fourth-order valence-electron chi connectivity index (χ4n) is 4.31. The molecule has 0 amide bonds. The average molecular weight is 538 g/mol. The lowest BCUT2D eigenvalue weighted by Crippen LogP contribution is -2.48. The third kappa shape index (κ3) is 6.16. The normalized spacial score (nSPS) is 23.7. The maximum atomic E-state index is 5.84. The number of furan rings is 1. The van der Waals surface area contributed by atoms with Crippen molar-refractivity contribution < 1.29 is 9.15 Å². The molecular formula is C24H35IN4O2. The molecule has 3 unspecified atom stereocenters. The molecule has 4 rings (SSSR count). The van der Waals surface area contributed by atoms with Gasteiger partial charge in [0.1, 0.15) is 11.5 Å². The van der Waals surface area contributed by atoms with Gasteiger partial charge in [-0.1, -0.05) is 25.1 Å². The lowest BCUT2D eigenvalue weighted by molar-refractivity contribution is 0.260.